The van der Waals surface area contributed by atoms with E-state index >= 15 is 0 Å². The van der Waals surface area contributed by atoms with Gasteiger partial charge in [0, 0.05) is 10.7 Å². The largest absolute Gasteiger partial charge is 0.493 e. The Labute approximate surface area is 129 Å². The lowest BCUT2D eigenvalue weighted by Crippen LogP contribution is -2.32. The Morgan fingerprint density at radius 1 is 0.950 bits per heavy atom. The van der Waals surface area contributed by atoms with Gasteiger partial charge in [0.25, 0.3) is 0 Å². The predicted molar refractivity (Wildman–Crippen MR) is 88.8 cm³/mol. The molecule has 2 aromatic carbocycles. The first-order valence-corrected chi connectivity index (χ1v) is 8.61. The summed E-state index contributed by atoms with van der Waals surface area (Å²) in [7, 11) is 0. The van der Waals surface area contributed by atoms with Crippen LogP contribution in [0.2, 0.25) is 0 Å². The zero-order chi connectivity index (χ0) is 13.8. The van der Waals surface area contributed by atoms with E-state index in [1.165, 1.54) is 42.9 Å². The lowest BCUT2D eigenvalue weighted by atomic mass is 9.76. The molecule has 1 saturated carbocycles. The van der Waals surface area contributed by atoms with Crippen molar-refractivity contribution in [3.05, 3.63) is 42.5 Å². The van der Waals surface area contributed by atoms with Gasteiger partial charge in [-0.1, -0.05) is 65.5 Å². The van der Waals surface area contributed by atoms with Crippen molar-refractivity contribution in [2.45, 2.75) is 32.1 Å². The molecule has 0 amide bonds. The van der Waals surface area contributed by atoms with E-state index in [1.807, 2.05) is 0 Å². The van der Waals surface area contributed by atoms with Crippen LogP contribution in [0.25, 0.3) is 10.8 Å². The molecule has 0 unspecified atom stereocenters. The van der Waals surface area contributed by atoms with E-state index in [9.17, 15) is 0 Å². The molecule has 1 aliphatic carbocycles. The van der Waals surface area contributed by atoms with Crippen molar-refractivity contribution in [3.63, 3.8) is 0 Å². The summed E-state index contributed by atoms with van der Waals surface area (Å²) in [6, 6.07) is 14.8. The van der Waals surface area contributed by atoms with Crippen LogP contribution in [-0.4, -0.2) is 11.9 Å². The molecule has 2 heteroatoms. The number of halogens is 1. The van der Waals surface area contributed by atoms with Crippen LogP contribution in [0.4, 0.5) is 0 Å². The second-order valence-corrected chi connectivity index (χ2v) is 6.55. The van der Waals surface area contributed by atoms with E-state index in [2.05, 4.69) is 58.4 Å². The first-order chi connectivity index (χ1) is 9.81. The van der Waals surface area contributed by atoms with Crippen LogP contribution in [-0.2, 0) is 0 Å². The molecule has 1 nitrogen and oxygen atoms in total. The van der Waals surface area contributed by atoms with Gasteiger partial charge in [0.1, 0.15) is 5.75 Å². The minimum Gasteiger partial charge on any atom is -0.493 e. The van der Waals surface area contributed by atoms with E-state index in [0.29, 0.717) is 5.41 Å². The van der Waals surface area contributed by atoms with Gasteiger partial charge in [-0.05, 0) is 35.7 Å². The quantitative estimate of drug-likeness (QED) is 0.665. The number of hydrogen-bond donors (Lipinski definition) is 0. The van der Waals surface area contributed by atoms with Gasteiger partial charge in [-0.2, -0.15) is 0 Å². The summed E-state index contributed by atoms with van der Waals surface area (Å²) >= 11 is 3.70. The van der Waals surface area contributed by atoms with Crippen LogP contribution in [0.15, 0.2) is 42.5 Å². The van der Waals surface area contributed by atoms with Crippen molar-refractivity contribution in [1.29, 1.82) is 0 Å². The highest BCUT2D eigenvalue weighted by Gasteiger charge is 2.31. The number of ether oxygens (including phenoxy) is 1. The van der Waals surface area contributed by atoms with E-state index < -0.39 is 0 Å². The SMILES string of the molecule is BrCC1(COc2ccc3ccccc3c2)CCCCC1. The molecular formula is C18H21BrO. The number of alkyl halides is 1. The molecule has 0 saturated heterocycles. The Morgan fingerprint density at radius 3 is 2.45 bits per heavy atom. The Hall–Kier alpha value is -1.02. The van der Waals surface area contributed by atoms with E-state index in [-0.39, 0.29) is 0 Å². The molecule has 3 rings (SSSR count). The van der Waals surface area contributed by atoms with Crippen LogP contribution in [0.1, 0.15) is 32.1 Å². The molecule has 0 heterocycles. The number of benzene rings is 2. The summed E-state index contributed by atoms with van der Waals surface area (Å²) < 4.78 is 6.12. The van der Waals surface area contributed by atoms with Gasteiger partial charge < -0.3 is 4.74 Å². The van der Waals surface area contributed by atoms with Crippen LogP contribution >= 0.6 is 15.9 Å². The normalized spacial score (nSPS) is 18.1. The fourth-order valence-electron chi connectivity index (χ4n) is 3.11. The first-order valence-electron chi connectivity index (χ1n) is 7.49. The minimum atomic E-state index is 0.337. The summed E-state index contributed by atoms with van der Waals surface area (Å²) in [5, 5.41) is 3.57. The Kier molecular flexibility index (Phi) is 4.30. The second-order valence-electron chi connectivity index (χ2n) is 5.99. The third kappa shape index (κ3) is 3.01. The maximum Gasteiger partial charge on any atom is 0.119 e. The molecule has 0 atom stereocenters. The topological polar surface area (TPSA) is 9.23 Å². The van der Waals surface area contributed by atoms with Gasteiger partial charge in [0.05, 0.1) is 6.61 Å². The van der Waals surface area contributed by atoms with E-state index in [1.54, 1.807) is 0 Å². The molecule has 20 heavy (non-hydrogen) atoms. The van der Waals surface area contributed by atoms with Crippen molar-refractivity contribution < 1.29 is 4.74 Å². The van der Waals surface area contributed by atoms with Gasteiger partial charge in [0.2, 0.25) is 0 Å². The van der Waals surface area contributed by atoms with Crippen molar-refractivity contribution in [2.75, 3.05) is 11.9 Å². The van der Waals surface area contributed by atoms with Gasteiger partial charge in [-0.15, -0.1) is 0 Å². The molecule has 0 N–H and O–H groups in total. The van der Waals surface area contributed by atoms with Gasteiger partial charge in [-0.3, -0.25) is 0 Å². The van der Waals surface area contributed by atoms with Crippen LogP contribution in [0.5, 0.6) is 5.75 Å². The van der Waals surface area contributed by atoms with E-state index in [0.717, 1.165) is 17.7 Å². The van der Waals surface area contributed by atoms with Crippen LogP contribution < -0.4 is 4.74 Å². The molecule has 2 aromatic rings. The molecule has 1 aliphatic rings. The van der Waals surface area contributed by atoms with Crippen molar-refractivity contribution in [2.24, 2.45) is 5.41 Å². The Morgan fingerprint density at radius 2 is 1.70 bits per heavy atom. The third-order valence-corrected chi connectivity index (χ3v) is 5.65. The zero-order valence-corrected chi connectivity index (χ0v) is 13.4. The van der Waals surface area contributed by atoms with Gasteiger partial charge >= 0.3 is 0 Å². The van der Waals surface area contributed by atoms with Crippen molar-refractivity contribution in [3.8, 4) is 5.75 Å². The highest BCUT2D eigenvalue weighted by molar-refractivity contribution is 9.09. The zero-order valence-electron chi connectivity index (χ0n) is 11.8. The average Bonchev–Trinajstić information content (AvgIpc) is 2.54. The molecule has 1 fully saturated rings. The van der Waals surface area contributed by atoms with Gasteiger partial charge in [-0.25, -0.2) is 0 Å². The van der Waals surface area contributed by atoms with Crippen LogP contribution in [0, 0.1) is 5.41 Å². The molecule has 0 bridgehead atoms. The molecular weight excluding hydrogens is 312 g/mol. The molecule has 0 aliphatic heterocycles. The molecule has 0 radical (unpaired) electrons. The summed E-state index contributed by atoms with van der Waals surface area (Å²) in [4.78, 5) is 0. The fraction of sp³-hybridized carbons (Fsp3) is 0.444. The van der Waals surface area contributed by atoms with Crippen LogP contribution in [0.3, 0.4) is 0 Å². The van der Waals surface area contributed by atoms with Crippen molar-refractivity contribution >= 4 is 26.7 Å². The summed E-state index contributed by atoms with van der Waals surface area (Å²) in [5.41, 5.74) is 0.337. The number of rotatable bonds is 4. The number of hydrogen-bond acceptors (Lipinski definition) is 1. The average molecular weight is 333 g/mol. The Bertz CT molecular complexity index is 572. The second kappa shape index (κ2) is 6.17. The maximum atomic E-state index is 6.12. The smallest absolute Gasteiger partial charge is 0.119 e. The summed E-state index contributed by atoms with van der Waals surface area (Å²) in [5.74, 6) is 0.995. The first kappa shape index (κ1) is 13.9. The van der Waals surface area contributed by atoms with Crippen molar-refractivity contribution in [1.82, 2.24) is 0 Å². The highest BCUT2D eigenvalue weighted by Crippen LogP contribution is 2.38. The minimum absolute atomic E-state index is 0.337. The van der Waals surface area contributed by atoms with E-state index in [4.69, 9.17) is 4.74 Å². The number of fused-ring (bicyclic) bond motifs is 1. The third-order valence-electron chi connectivity index (χ3n) is 4.46. The Balaban J connectivity index is 1.72. The lowest BCUT2D eigenvalue weighted by molar-refractivity contribution is 0.122. The van der Waals surface area contributed by atoms with Gasteiger partial charge in [0.15, 0.2) is 0 Å². The summed E-state index contributed by atoms with van der Waals surface area (Å²) in [6.07, 6.45) is 6.63. The maximum absolute atomic E-state index is 6.12. The molecule has 106 valence electrons. The monoisotopic (exact) mass is 332 g/mol. The fourth-order valence-corrected chi connectivity index (χ4v) is 3.83. The molecule has 0 spiro atoms. The predicted octanol–water partition coefficient (Wildman–Crippen LogP) is 5.56. The molecule has 0 aromatic heterocycles. The highest BCUT2D eigenvalue weighted by atomic mass is 79.9. The lowest BCUT2D eigenvalue weighted by Gasteiger charge is -2.35. The summed E-state index contributed by atoms with van der Waals surface area (Å²) in [6.45, 7) is 0.830. The standard InChI is InChI=1S/C18H21BrO/c19-13-18(10-4-1-5-11-18)14-20-17-9-8-15-6-2-3-7-16(15)12-17/h2-3,6-9,12H,1,4-5,10-11,13-14H2.